The fourth-order valence-electron chi connectivity index (χ4n) is 8.59. The molecule has 0 spiro atoms. The van der Waals surface area contributed by atoms with Crippen molar-refractivity contribution in [3.05, 3.63) is 190 Å². The maximum atomic E-state index is 2.47. The van der Waals surface area contributed by atoms with Gasteiger partial charge in [0.25, 0.3) is 0 Å². The van der Waals surface area contributed by atoms with Crippen molar-refractivity contribution in [2.75, 3.05) is 0 Å². The van der Waals surface area contributed by atoms with Gasteiger partial charge in [-0.3, -0.25) is 0 Å². The molecule has 8 aromatic rings. The van der Waals surface area contributed by atoms with E-state index in [0.717, 1.165) is 0 Å². The number of fused-ring (bicyclic) bond motifs is 2. The molecular weight excluding hydrogens is 788 g/mol. The van der Waals surface area contributed by atoms with Gasteiger partial charge in [0.2, 0.25) is 0 Å². The van der Waals surface area contributed by atoms with E-state index in [1.807, 2.05) is 0 Å². The second-order valence-corrected chi connectivity index (χ2v) is 19.8. The number of benzene rings is 8. The number of hydrogen-bond donors (Lipinski definition) is 0. The third-order valence-electron chi connectivity index (χ3n) is 10.4. The largest absolute Gasteiger partial charge is 0.0616 e. The molecule has 0 N–H and O–H groups in total. The van der Waals surface area contributed by atoms with Crippen LogP contribution >= 0.6 is 15.8 Å². The minimum absolute atomic E-state index is 0. The Morgan fingerprint density at radius 1 is 0.291 bits per heavy atom. The predicted octanol–water partition coefficient (Wildman–Crippen LogP) is 11.6. The Hall–Kier alpha value is -4.24. The minimum Gasteiger partial charge on any atom is -0.0616 e. The van der Waals surface area contributed by atoms with Crippen molar-refractivity contribution >= 4 is 69.2 Å². The molecule has 0 nitrogen and oxygen atoms in total. The molecule has 0 aliphatic heterocycles. The topological polar surface area (TPSA) is 0 Å². The maximum Gasteiger partial charge on any atom is 0 e. The van der Waals surface area contributed by atoms with Crippen molar-refractivity contribution in [1.82, 2.24) is 0 Å². The average molecular weight is 836 g/mol. The summed E-state index contributed by atoms with van der Waals surface area (Å²) < 4.78 is 0. The molecule has 0 amide bonds. The molecule has 8 aromatic carbocycles. The number of aryl methyl sites for hydroxylation is 8. The molecule has 0 saturated carbocycles. The van der Waals surface area contributed by atoms with E-state index >= 15 is 0 Å². The van der Waals surface area contributed by atoms with Crippen LogP contribution in [0, 0.1) is 55.4 Å². The van der Waals surface area contributed by atoms with E-state index in [-0.39, 0.29) is 19.5 Å². The molecule has 8 rings (SSSR count). The van der Waals surface area contributed by atoms with Crippen molar-refractivity contribution in [3.63, 3.8) is 0 Å². The summed E-state index contributed by atoms with van der Waals surface area (Å²) in [5.41, 5.74) is 13.2. The molecule has 0 bridgehead atoms. The molecule has 0 atom stereocenters. The zero-order chi connectivity index (χ0) is 37.7. The Morgan fingerprint density at radius 2 is 0.545 bits per heavy atom. The SMILES string of the molecule is Cc1cc(C)cc(P(c2cc(C)cc(C)c2)c2ccc3ccccc3c2-c2c(P(c3cc(C)cc(C)c3)c3cc(C)cc(C)c3)ccc3ccccc23)c1.[Ru]. The van der Waals surface area contributed by atoms with E-state index in [9.17, 15) is 0 Å². The van der Waals surface area contributed by atoms with Gasteiger partial charge in [-0.1, -0.05) is 190 Å². The van der Waals surface area contributed by atoms with Crippen LogP contribution in [0.1, 0.15) is 44.5 Å². The second-order valence-electron chi connectivity index (χ2n) is 15.4. The quantitative estimate of drug-likeness (QED) is 0.111. The molecular formula is C52H48P2Ru. The zero-order valence-corrected chi connectivity index (χ0v) is 36.6. The van der Waals surface area contributed by atoms with Crippen LogP contribution in [0.4, 0.5) is 0 Å². The molecule has 55 heavy (non-hydrogen) atoms. The van der Waals surface area contributed by atoms with Crippen LogP contribution < -0.4 is 31.8 Å². The monoisotopic (exact) mass is 836 g/mol. The Balaban J connectivity index is 0.00000465. The summed E-state index contributed by atoms with van der Waals surface area (Å²) in [6, 6.07) is 56.6. The van der Waals surface area contributed by atoms with Gasteiger partial charge in [-0.25, -0.2) is 0 Å². The van der Waals surface area contributed by atoms with Crippen molar-refractivity contribution in [3.8, 4) is 11.1 Å². The maximum absolute atomic E-state index is 2.47. The molecule has 3 heteroatoms. The number of rotatable bonds is 7. The summed E-state index contributed by atoms with van der Waals surface area (Å²) in [7, 11) is -1.87. The van der Waals surface area contributed by atoms with Gasteiger partial charge >= 0.3 is 0 Å². The van der Waals surface area contributed by atoms with Gasteiger partial charge in [0, 0.05) is 19.5 Å². The smallest absolute Gasteiger partial charge is 0 e. The molecule has 0 aliphatic carbocycles. The molecule has 0 aliphatic rings. The third-order valence-corrected chi connectivity index (χ3v) is 15.2. The molecule has 0 fully saturated rings. The van der Waals surface area contributed by atoms with Crippen LogP contribution in [0.5, 0.6) is 0 Å². The normalized spacial score (nSPS) is 11.5. The average Bonchev–Trinajstić information content (AvgIpc) is 3.10. The third kappa shape index (κ3) is 7.92. The molecule has 0 radical (unpaired) electrons. The first-order valence-corrected chi connectivity index (χ1v) is 21.7. The second kappa shape index (κ2) is 16.1. The van der Waals surface area contributed by atoms with Crippen LogP contribution in [-0.2, 0) is 19.5 Å². The van der Waals surface area contributed by atoms with E-state index in [4.69, 9.17) is 0 Å². The van der Waals surface area contributed by atoms with Crippen molar-refractivity contribution in [2.24, 2.45) is 0 Å². The van der Waals surface area contributed by atoms with Crippen LogP contribution in [0.2, 0.25) is 0 Å². The Kier molecular flexibility index (Phi) is 11.4. The standard InChI is InChI=1S/C52H48P2.Ru/c1-33-21-34(2)26-43(25-33)53(44-27-35(3)22-36(4)28-44)49-19-17-41-13-9-11-15-47(41)51(49)52-48-16-12-10-14-42(48)18-20-50(52)54(45-29-37(5)23-38(6)30-45)46-31-39(7)24-40(8)32-46;/h9-32H,1-8H3;. The summed E-state index contributed by atoms with van der Waals surface area (Å²) in [6.07, 6.45) is 0. The van der Waals surface area contributed by atoms with E-state index < -0.39 is 15.8 Å². The van der Waals surface area contributed by atoms with Gasteiger partial charge in [0.05, 0.1) is 0 Å². The van der Waals surface area contributed by atoms with E-state index in [1.165, 1.54) is 109 Å². The number of hydrogen-bond acceptors (Lipinski definition) is 0. The first-order chi connectivity index (χ1) is 26.0. The Labute approximate surface area is 343 Å². The van der Waals surface area contributed by atoms with Gasteiger partial charge in [0.1, 0.15) is 0 Å². The van der Waals surface area contributed by atoms with Crippen molar-refractivity contribution in [2.45, 2.75) is 55.4 Å². The van der Waals surface area contributed by atoms with Gasteiger partial charge in [-0.2, -0.15) is 0 Å². The summed E-state index contributed by atoms with van der Waals surface area (Å²) in [5.74, 6) is 0. The molecule has 0 heterocycles. The summed E-state index contributed by atoms with van der Waals surface area (Å²) in [4.78, 5) is 0. The minimum atomic E-state index is -0.937. The fourth-order valence-corrected chi connectivity index (χ4v) is 14.3. The molecule has 0 aromatic heterocycles. The van der Waals surface area contributed by atoms with Gasteiger partial charge in [-0.05, 0) is 136 Å². The van der Waals surface area contributed by atoms with Crippen LogP contribution in [0.3, 0.4) is 0 Å². The summed E-state index contributed by atoms with van der Waals surface area (Å²) in [5, 5.41) is 13.6. The Bertz CT molecular complexity index is 2350. The van der Waals surface area contributed by atoms with Crippen molar-refractivity contribution < 1.29 is 19.5 Å². The van der Waals surface area contributed by atoms with Crippen molar-refractivity contribution in [1.29, 1.82) is 0 Å². The van der Waals surface area contributed by atoms with E-state index in [2.05, 4.69) is 201 Å². The molecule has 274 valence electrons. The predicted molar refractivity (Wildman–Crippen MR) is 242 cm³/mol. The van der Waals surface area contributed by atoms with Gasteiger partial charge < -0.3 is 0 Å². The van der Waals surface area contributed by atoms with E-state index in [0.29, 0.717) is 0 Å². The summed E-state index contributed by atoms with van der Waals surface area (Å²) >= 11 is 0. The zero-order valence-electron chi connectivity index (χ0n) is 33.1. The molecule has 0 saturated heterocycles. The first kappa shape index (κ1) is 39.0. The van der Waals surface area contributed by atoms with Gasteiger partial charge in [0.15, 0.2) is 0 Å². The van der Waals surface area contributed by atoms with Gasteiger partial charge in [-0.15, -0.1) is 0 Å². The first-order valence-electron chi connectivity index (χ1n) is 19.0. The Morgan fingerprint density at radius 3 is 0.818 bits per heavy atom. The van der Waals surface area contributed by atoms with Crippen LogP contribution in [0.25, 0.3) is 32.7 Å². The van der Waals surface area contributed by atoms with Crippen LogP contribution in [-0.4, -0.2) is 0 Å². The van der Waals surface area contributed by atoms with E-state index in [1.54, 1.807) is 0 Å². The molecule has 0 unspecified atom stereocenters. The van der Waals surface area contributed by atoms with Crippen LogP contribution in [0.15, 0.2) is 146 Å². The fraction of sp³-hybridized carbons (Fsp3) is 0.154. The summed E-state index contributed by atoms with van der Waals surface area (Å²) in [6.45, 7) is 18.0.